The van der Waals surface area contributed by atoms with Gasteiger partial charge in [-0.2, -0.15) is 4.31 Å². The molecular formula is C20H24N2O6S. The molecule has 1 N–H and O–H groups in total. The number of morpholine rings is 1. The molecule has 1 aromatic carbocycles. The van der Waals surface area contributed by atoms with Gasteiger partial charge in [0.05, 0.1) is 36.2 Å². The minimum Gasteiger partial charge on any atom is -0.489 e. The van der Waals surface area contributed by atoms with Crippen molar-refractivity contribution in [1.82, 2.24) is 4.31 Å². The number of sulfonamides is 1. The lowest BCUT2D eigenvalue weighted by Gasteiger charge is -2.26. The Balaban J connectivity index is 1.86. The van der Waals surface area contributed by atoms with Crippen molar-refractivity contribution in [3.05, 3.63) is 48.4 Å². The largest absolute Gasteiger partial charge is 0.489 e. The minimum absolute atomic E-state index is 0.0841. The van der Waals surface area contributed by atoms with Gasteiger partial charge in [-0.3, -0.25) is 4.79 Å². The summed E-state index contributed by atoms with van der Waals surface area (Å²) in [5, 5.41) is 2.69. The molecule has 1 amide bonds. The molecule has 2 heterocycles. The van der Waals surface area contributed by atoms with Crippen LogP contribution >= 0.6 is 0 Å². The Morgan fingerprint density at radius 3 is 2.66 bits per heavy atom. The summed E-state index contributed by atoms with van der Waals surface area (Å²) in [5.74, 6) is 0.485. The van der Waals surface area contributed by atoms with Crippen molar-refractivity contribution in [3.63, 3.8) is 0 Å². The van der Waals surface area contributed by atoms with Gasteiger partial charge in [-0.25, -0.2) is 8.42 Å². The van der Waals surface area contributed by atoms with E-state index in [1.54, 1.807) is 18.2 Å². The Morgan fingerprint density at radius 1 is 1.24 bits per heavy atom. The molecule has 9 heteroatoms. The summed E-state index contributed by atoms with van der Waals surface area (Å²) >= 11 is 0. The number of hydrogen-bond donors (Lipinski definition) is 1. The Kier molecular flexibility index (Phi) is 6.73. The third-order valence-corrected chi connectivity index (χ3v) is 6.02. The maximum Gasteiger partial charge on any atom is 0.248 e. The Hall–Kier alpha value is -2.62. The summed E-state index contributed by atoms with van der Waals surface area (Å²) in [7, 11) is -3.70. The molecule has 8 nitrogen and oxygen atoms in total. The van der Waals surface area contributed by atoms with Crippen LogP contribution in [0.3, 0.4) is 0 Å². The molecule has 0 spiro atoms. The van der Waals surface area contributed by atoms with E-state index in [0.717, 1.165) is 0 Å². The van der Waals surface area contributed by atoms with Crippen LogP contribution in [0.25, 0.3) is 6.08 Å². The number of rotatable bonds is 7. The topological polar surface area (TPSA) is 98.1 Å². The Morgan fingerprint density at radius 2 is 2.00 bits per heavy atom. The van der Waals surface area contributed by atoms with Crippen LogP contribution in [-0.2, 0) is 19.6 Å². The third kappa shape index (κ3) is 5.47. The zero-order valence-corrected chi connectivity index (χ0v) is 17.1. The highest BCUT2D eigenvalue weighted by Crippen LogP contribution is 2.30. The summed E-state index contributed by atoms with van der Waals surface area (Å²) in [4.78, 5) is 12.4. The molecule has 0 radical (unpaired) electrons. The highest BCUT2D eigenvalue weighted by atomic mass is 32.2. The summed E-state index contributed by atoms with van der Waals surface area (Å²) in [5.41, 5.74) is 0.280. The van der Waals surface area contributed by atoms with Crippen LogP contribution in [0.15, 0.2) is 52.0 Å². The van der Waals surface area contributed by atoms with E-state index in [9.17, 15) is 13.2 Å². The van der Waals surface area contributed by atoms with E-state index in [1.807, 2.05) is 13.8 Å². The molecule has 29 heavy (non-hydrogen) atoms. The second kappa shape index (κ2) is 9.25. The number of carbonyl (C=O) groups excluding carboxylic acids is 1. The van der Waals surface area contributed by atoms with Gasteiger partial charge in [0.15, 0.2) is 0 Å². The molecule has 1 aliphatic rings. The average Bonchev–Trinajstić information content (AvgIpc) is 3.21. The summed E-state index contributed by atoms with van der Waals surface area (Å²) < 4.78 is 43.3. The molecule has 1 fully saturated rings. The van der Waals surface area contributed by atoms with Gasteiger partial charge in [-0.1, -0.05) is 0 Å². The summed E-state index contributed by atoms with van der Waals surface area (Å²) in [6.07, 6.45) is 4.19. The van der Waals surface area contributed by atoms with Crippen molar-refractivity contribution in [1.29, 1.82) is 0 Å². The number of furan rings is 1. The van der Waals surface area contributed by atoms with Gasteiger partial charge in [0.2, 0.25) is 15.9 Å². The van der Waals surface area contributed by atoms with Crippen molar-refractivity contribution in [2.75, 3.05) is 31.6 Å². The van der Waals surface area contributed by atoms with E-state index in [2.05, 4.69) is 5.32 Å². The zero-order chi connectivity index (χ0) is 20.9. The van der Waals surface area contributed by atoms with E-state index in [-0.39, 0.29) is 16.7 Å². The average molecular weight is 420 g/mol. The van der Waals surface area contributed by atoms with E-state index >= 15 is 0 Å². The summed E-state index contributed by atoms with van der Waals surface area (Å²) in [6.45, 7) is 4.99. The highest BCUT2D eigenvalue weighted by molar-refractivity contribution is 7.89. The molecule has 0 saturated carbocycles. The van der Waals surface area contributed by atoms with Crippen LogP contribution in [0.4, 0.5) is 5.69 Å². The standard InChI is InChI=1S/C20H24N2O6S/c1-15(2)28-19-7-6-17(29(24,25)22-9-12-26-13-10-22)14-18(19)21-20(23)8-5-16-4-3-11-27-16/h3-8,11,14-15H,9-10,12-13H2,1-2H3,(H,21,23)/b8-5+. The predicted octanol–water partition coefficient (Wildman–Crippen LogP) is 2.74. The minimum atomic E-state index is -3.70. The van der Waals surface area contributed by atoms with Crippen molar-refractivity contribution < 1.29 is 27.1 Å². The third-order valence-electron chi connectivity index (χ3n) is 4.12. The van der Waals surface area contributed by atoms with E-state index in [0.29, 0.717) is 37.8 Å². The smallest absolute Gasteiger partial charge is 0.248 e. The first-order chi connectivity index (χ1) is 13.9. The maximum absolute atomic E-state index is 12.9. The first-order valence-corrected chi connectivity index (χ1v) is 10.7. The molecule has 0 atom stereocenters. The second-order valence-electron chi connectivity index (χ2n) is 6.68. The molecule has 0 bridgehead atoms. The van der Waals surface area contributed by atoms with Crippen LogP contribution in [0.1, 0.15) is 19.6 Å². The molecular weight excluding hydrogens is 396 g/mol. The number of nitrogens with one attached hydrogen (secondary N) is 1. The number of carbonyl (C=O) groups is 1. The van der Waals surface area contributed by atoms with Gasteiger partial charge in [0.25, 0.3) is 0 Å². The molecule has 1 aliphatic heterocycles. The van der Waals surface area contributed by atoms with Gasteiger partial charge in [-0.15, -0.1) is 0 Å². The number of ether oxygens (including phenoxy) is 2. The SMILES string of the molecule is CC(C)Oc1ccc(S(=O)(=O)N2CCOCC2)cc1NC(=O)/C=C/c1ccco1. The van der Waals surface area contributed by atoms with Gasteiger partial charge in [0, 0.05) is 19.2 Å². The van der Waals surface area contributed by atoms with Crippen molar-refractivity contribution in [2.24, 2.45) is 0 Å². The van der Waals surface area contributed by atoms with Crippen LogP contribution in [0.5, 0.6) is 5.75 Å². The predicted molar refractivity (Wildman–Crippen MR) is 108 cm³/mol. The molecule has 2 aromatic rings. The van der Waals surface area contributed by atoms with E-state index < -0.39 is 15.9 Å². The van der Waals surface area contributed by atoms with Crippen molar-refractivity contribution in [2.45, 2.75) is 24.8 Å². The van der Waals surface area contributed by atoms with Crippen molar-refractivity contribution >= 4 is 27.7 Å². The lowest BCUT2D eigenvalue weighted by molar-refractivity contribution is -0.111. The number of hydrogen-bond acceptors (Lipinski definition) is 6. The molecule has 156 valence electrons. The lowest BCUT2D eigenvalue weighted by Crippen LogP contribution is -2.40. The first kappa shape index (κ1) is 21.1. The maximum atomic E-state index is 12.9. The lowest BCUT2D eigenvalue weighted by atomic mass is 10.2. The molecule has 1 saturated heterocycles. The fourth-order valence-electron chi connectivity index (χ4n) is 2.78. The molecule has 1 aromatic heterocycles. The molecule has 0 unspecified atom stereocenters. The number of amides is 1. The Bertz CT molecular complexity index is 961. The monoisotopic (exact) mass is 420 g/mol. The fraction of sp³-hybridized carbons (Fsp3) is 0.350. The van der Waals surface area contributed by atoms with Crippen LogP contribution in [-0.4, -0.2) is 51.0 Å². The van der Waals surface area contributed by atoms with Crippen molar-refractivity contribution in [3.8, 4) is 5.75 Å². The van der Waals surface area contributed by atoms with Crippen LogP contribution < -0.4 is 10.1 Å². The van der Waals surface area contributed by atoms with Gasteiger partial charge in [0.1, 0.15) is 11.5 Å². The summed E-state index contributed by atoms with van der Waals surface area (Å²) in [6, 6.07) is 7.88. The van der Waals surface area contributed by atoms with E-state index in [4.69, 9.17) is 13.9 Å². The zero-order valence-electron chi connectivity index (χ0n) is 16.3. The molecule has 0 aliphatic carbocycles. The number of nitrogens with zero attached hydrogens (tertiary/aromatic N) is 1. The molecule has 3 rings (SSSR count). The Labute approximate surface area is 170 Å². The second-order valence-corrected chi connectivity index (χ2v) is 8.62. The number of anilines is 1. The first-order valence-electron chi connectivity index (χ1n) is 9.27. The highest BCUT2D eigenvalue weighted by Gasteiger charge is 2.27. The van der Waals surface area contributed by atoms with Gasteiger partial charge >= 0.3 is 0 Å². The quantitative estimate of drug-likeness (QED) is 0.692. The number of benzene rings is 1. The van der Waals surface area contributed by atoms with Crippen LogP contribution in [0.2, 0.25) is 0 Å². The van der Waals surface area contributed by atoms with Gasteiger partial charge < -0.3 is 19.2 Å². The van der Waals surface area contributed by atoms with Crippen LogP contribution in [0, 0.1) is 0 Å². The van der Waals surface area contributed by atoms with Gasteiger partial charge in [-0.05, 0) is 50.3 Å². The fourth-order valence-corrected chi connectivity index (χ4v) is 4.21. The van der Waals surface area contributed by atoms with E-state index in [1.165, 1.54) is 34.9 Å². The normalized spacial score (nSPS) is 15.7.